The van der Waals surface area contributed by atoms with E-state index in [1.54, 1.807) is 6.92 Å². The highest BCUT2D eigenvalue weighted by Crippen LogP contribution is 2.29. The number of aliphatic hydroxyl groups is 1. The molecule has 0 spiro atoms. The second-order valence-corrected chi connectivity index (χ2v) is 7.73. The third-order valence-electron chi connectivity index (χ3n) is 5.66. The molecular weight excluding hydrogens is 445 g/mol. The lowest BCUT2D eigenvalue weighted by atomic mass is 10.2. The Morgan fingerprint density at radius 1 is 1.33 bits per heavy atom. The Bertz CT molecular complexity index is 979. The third-order valence-corrected chi connectivity index (χ3v) is 5.66. The number of halogens is 1. The molecule has 1 aromatic heterocycles. The lowest BCUT2D eigenvalue weighted by Gasteiger charge is -2.22. The fourth-order valence-electron chi connectivity index (χ4n) is 3.95. The maximum atomic E-state index is 14.3. The topological polar surface area (TPSA) is 139 Å². The normalized spacial score (nSPS) is 24.9. The van der Waals surface area contributed by atoms with Gasteiger partial charge in [0.15, 0.2) is 6.73 Å². The predicted molar refractivity (Wildman–Crippen MR) is 108 cm³/mol. The average molecular weight is 473 g/mol. The molecule has 0 aromatic carbocycles. The number of ether oxygens (including phenoxy) is 4. The highest BCUT2D eigenvalue weighted by Gasteiger charge is 2.38. The summed E-state index contributed by atoms with van der Waals surface area (Å²) in [5, 5.41) is 9.54. The molecule has 2 aliphatic rings. The number of nitrogens with zero attached hydrogens (tertiary/aromatic N) is 3. The Morgan fingerprint density at radius 2 is 2.09 bits per heavy atom. The summed E-state index contributed by atoms with van der Waals surface area (Å²) in [5.41, 5.74) is -2.23. The van der Waals surface area contributed by atoms with Crippen molar-refractivity contribution in [3.63, 3.8) is 0 Å². The van der Waals surface area contributed by atoms with Crippen molar-refractivity contribution < 1.29 is 38.0 Å². The zero-order chi connectivity index (χ0) is 24.1. The monoisotopic (exact) mass is 473 g/mol. The van der Waals surface area contributed by atoms with E-state index in [1.807, 2.05) is 0 Å². The van der Waals surface area contributed by atoms with E-state index in [4.69, 9.17) is 18.9 Å². The van der Waals surface area contributed by atoms with Gasteiger partial charge in [0.2, 0.25) is 11.7 Å². The van der Waals surface area contributed by atoms with Gasteiger partial charge in [-0.3, -0.25) is 14.2 Å². The molecule has 3 heterocycles. The van der Waals surface area contributed by atoms with Gasteiger partial charge in [-0.1, -0.05) is 0 Å². The summed E-state index contributed by atoms with van der Waals surface area (Å²) < 4.78 is 37.0. The highest BCUT2D eigenvalue weighted by molar-refractivity contribution is 5.83. The number of hydrogen-bond acceptors (Lipinski definition) is 9. The average Bonchev–Trinajstić information content (AvgIpc) is 3.43. The molecule has 12 nitrogen and oxygen atoms in total. The summed E-state index contributed by atoms with van der Waals surface area (Å²) in [4.78, 5) is 50.5. The van der Waals surface area contributed by atoms with E-state index >= 15 is 0 Å². The smallest absolute Gasteiger partial charge is 0.336 e. The van der Waals surface area contributed by atoms with E-state index in [0.29, 0.717) is 36.8 Å². The summed E-state index contributed by atoms with van der Waals surface area (Å²) >= 11 is 0. The first-order valence-electron chi connectivity index (χ1n) is 10.7. The zero-order valence-corrected chi connectivity index (χ0v) is 18.5. The summed E-state index contributed by atoms with van der Waals surface area (Å²) in [7, 11) is 0. The van der Waals surface area contributed by atoms with Gasteiger partial charge in [0.25, 0.3) is 5.56 Å². The van der Waals surface area contributed by atoms with Crippen LogP contribution in [0.1, 0.15) is 39.3 Å². The SMILES string of the molecule is CCOCO[C@H]1C[C@H](n2cc(F)c(=O)n(COC(=O)[C@@H]3CCCN3C(C)=O)c2=O)O[C@@H]1CO. The molecule has 1 aromatic rings. The van der Waals surface area contributed by atoms with Crippen molar-refractivity contribution in [2.75, 3.05) is 26.6 Å². The molecule has 2 fully saturated rings. The Morgan fingerprint density at radius 3 is 2.76 bits per heavy atom. The van der Waals surface area contributed by atoms with E-state index in [2.05, 4.69) is 0 Å². The van der Waals surface area contributed by atoms with Crippen LogP contribution in [0.2, 0.25) is 0 Å². The van der Waals surface area contributed by atoms with Crippen LogP contribution < -0.4 is 11.2 Å². The van der Waals surface area contributed by atoms with E-state index in [0.717, 1.165) is 4.57 Å². The Balaban J connectivity index is 1.76. The minimum atomic E-state index is -1.26. The number of aromatic nitrogens is 2. The van der Waals surface area contributed by atoms with Crippen LogP contribution in [0.25, 0.3) is 0 Å². The van der Waals surface area contributed by atoms with Crippen molar-refractivity contribution in [1.82, 2.24) is 14.0 Å². The lowest BCUT2D eigenvalue weighted by molar-refractivity contribution is -0.156. The molecular formula is C20H28FN3O9. The first-order valence-corrected chi connectivity index (χ1v) is 10.7. The van der Waals surface area contributed by atoms with E-state index in [9.17, 15) is 28.7 Å². The minimum absolute atomic E-state index is 0.0507. The van der Waals surface area contributed by atoms with Gasteiger partial charge in [-0.25, -0.2) is 14.2 Å². The van der Waals surface area contributed by atoms with Crippen LogP contribution in [0.5, 0.6) is 0 Å². The Hall–Kier alpha value is -2.61. The molecule has 13 heteroatoms. The number of esters is 1. The molecule has 0 saturated carbocycles. The van der Waals surface area contributed by atoms with Gasteiger partial charge < -0.3 is 29.0 Å². The van der Waals surface area contributed by atoms with Gasteiger partial charge >= 0.3 is 11.7 Å². The van der Waals surface area contributed by atoms with Gasteiger partial charge in [-0.15, -0.1) is 0 Å². The first-order chi connectivity index (χ1) is 15.8. The number of aliphatic hydroxyl groups excluding tert-OH is 1. The molecule has 0 unspecified atom stereocenters. The largest absolute Gasteiger partial charge is 0.442 e. The van der Waals surface area contributed by atoms with Gasteiger partial charge in [-0.2, -0.15) is 4.39 Å². The van der Waals surface area contributed by atoms with Crippen molar-refractivity contribution in [2.24, 2.45) is 0 Å². The Kier molecular flexibility index (Phi) is 8.35. The number of rotatable bonds is 9. The predicted octanol–water partition coefficient (Wildman–Crippen LogP) is -0.680. The number of carbonyl (C=O) groups is 2. The maximum Gasteiger partial charge on any atom is 0.336 e. The zero-order valence-electron chi connectivity index (χ0n) is 18.5. The van der Waals surface area contributed by atoms with Crippen LogP contribution >= 0.6 is 0 Å². The summed E-state index contributed by atoms with van der Waals surface area (Å²) in [5.74, 6) is -2.33. The van der Waals surface area contributed by atoms with Crippen molar-refractivity contribution >= 4 is 11.9 Å². The quantitative estimate of drug-likeness (QED) is 0.281. The molecule has 1 N–H and O–H groups in total. The van der Waals surface area contributed by atoms with Crippen molar-refractivity contribution in [1.29, 1.82) is 0 Å². The second-order valence-electron chi connectivity index (χ2n) is 7.73. The van der Waals surface area contributed by atoms with Gasteiger partial charge in [-0.05, 0) is 19.8 Å². The first kappa shape index (κ1) is 25.0. The number of hydrogen-bond donors (Lipinski definition) is 1. The van der Waals surface area contributed by atoms with Gasteiger partial charge in [0.05, 0.1) is 18.9 Å². The number of carbonyl (C=O) groups excluding carboxylic acids is 2. The van der Waals surface area contributed by atoms with E-state index in [1.165, 1.54) is 11.8 Å². The Labute approximate surface area is 188 Å². The molecule has 3 rings (SSSR count). The van der Waals surface area contributed by atoms with E-state index in [-0.39, 0.29) is 19.1 Å². The van der Waals surface area contributed by atoms with Gasteiger partial charge in [0, 0.05) is 26.5 Å². The van der Waals surface area contributed by atoms with Crippen molar-refractivity contribution in [3.8, 4) is 0 Å². The molecule has 2 aliphatic heterocycles. The molecule has 1 amide bonds. The van der Waals surface area contributed by atoms with Crippen LogP contribution in [0, 0.1) is 5.82 Å². The van der Waals surface area contributed by atoms with Crippen molar-refractivity contribution in [3.05, 3.63) is 32.9 Å². The fraction of sp³-hybridized carbons (Fsp3) is 0.700. The molecule has 0 aliphatic carbocycles. The lowest BCUT2D eigenvalue weighted by Crippen LogP contribution is -2.45. The van der Waals surface area contributed by atoms with Crippen LogP contribution in [0.4, 0.5) is 4.39 Å². The van der Waals surface area contributed by atoms with Crippen LogP contribution in [-0.4, -0.2) is 75.8 Å². The van der Waals surface area contributed by atoms with Crippen LogP contribution in [0.3, 0.4) is 0 Å². The summed E-state index contributed by atoms with van der Waals surface area (Å²) in [6.45, 7) is 2.65. The minimum Gasteiger partial charge on any atom is -0.442 e. The van der Waals surface area contributed by atoms with Crippen molar-refractivity contribution in [2.45, 2.75) is 64.3 Å². The fourth-order valence-corrected chi connectivity index (χ4v) is 3.95. The second kappa shape index (κ2) is 11.0. The highest BCUT2D eigenvalue weighted by atomic mass is 19.1. The van der Waals surface area contributed by atoms with E-state index < -0.39 is 60.9 Å². The third kappa shape index (κ3) is 5.49. The molecule has 2 saturated heterocycles. The van der Waals surface area contributed by atoms with Crippen LogP contribution in [0.15, 0.2) is 15.8 Å². The molecule has 33 heavy (non-hydrogen) atoms. The maximum absolute atomic E-state index is 14.3. The van der Waals surface area contributed by atoms with Gasteiger partial charge in [0.1, 0.15) is 25.2 Å². The van der Waals surface area contributed by atoms with Crippen LogP contribution in [-0.2, 0) is 35.3 Å². The standard InChI is InChI=1S/C20H28FN3O9/c1-3-30-11-32-15-7-17(33-16(15)9-25)23-8-13(21)18(27)24(20(23)29)10-31-19(28)14-5-4-6-22(14)12(2)26/h8,14-17,25H,3-7,9-11H2,1-2H3/t14-,15-,16+,17+/m0/s1. The molecule has 0 radical (unpaired) electrons. The number of amides is 1. The molecule has 0 bridgehead atoms. The molecule has 4 atom stereocenters. The summed E-state index contributed by atoms with van der Waals surface area (Å²) in [6, 6.07) is -0.819. The summed E-state index contributed by atoms with van der Waals surface area (Å²) in [6.07, 6.45) is -0.636. The molecule has 184 valence electrons. The number of likely N-dealkylation sites (tertiary alicyclic amines) is 1.